The van der Waals surface area contributed by atoms with E-state index in [-0.39, 0.29) is 6.61 Å². The molecule has 144 valence electrons. The summed E-state index contributed by atoms with van der Waals surface area (Å²) in [4.78, 5) is 24.0. The lowest BCUT2D eigenvalue weighted by atomic mass is 10.2. The summed E-state index contributed by atoms with van der Waals surface area (Å²) in [6.45, 7) is 2.41. The van der Waals surface area contributed by atoms with Gasteiger partial charge in [-0.1, -0.05) is 31.9 Å². The van der Waals surface area contributed by atoms with Crippen LogP contribution in [-0.2, 0) is 9.53 Å². The summed E-state index contributed by atoms with van der Waals surface area (Å²) in [5.41, 5.74) is 0.881. The van der Waals surface area contributed by atoms with Crippen LogP contribution >= 0.6 is 0 Å². The first-order valence-corrected chi connectivity index (χ1v) is 8.97. The van der Waals surface area contributed by atoms with E-state index < -0.39 is 11.9 Å². The van der Waals surface area contributed by atoms with Crippen LogP contribution in [0.5, 0.6) is 11.5 Å². The number of para-hydroxylation sites is 2. The Labute approximate surface area is 159 Å². The van der Waals surface area contributed by atoms with E-state index in [2.05, 4.69) is 12.2 Å². The van der Waals surface area contributed by atoms with Crippen molar-refractivity contribution in [2.75, 3.05) is 25.6 Å². The SMILES string of the molecule is CCCCCOc1ccc(C(=O)OCC(=O)Nc2ccccc2OC)cc1. The van der Waals surface area contributed by atoms with Gasteiger partial charge in [-0.25, -0.2) is 4.79 Å². The van der Waals surface area contributed by atoms with Crippen LogP contribution in [0.2, 0.25) is 0 Å². The molecule has 0 bridgehead atoms. The molecule has 0 aliphatic rings. The number of hydrogen-bond acceptors (Lipinski definition) is 5. The number of hydrogen-bond donors (Lipinski definition) is 1. The number of carbonyl (C=O) groups is 2. The lowest BCUT2D eigenvalue weighted by molar-refractivity contribution is -0.119. The van der Waals surface area contributed by atoms with E-state index in [4.69, 9.17) is 14.2 Å². The quantitative estimate of drug-likeness (QED) is 0.504. The fraction of sp³-hybridized carbons (Fsp3) is 0.333. The van der Waals surface area contributed by atoms with Gasteiger partial charge in [-0.3, -0.25) is 4.79 Å². The van der Waals surface area contributed by atoms with Crippen LogP contribution in [0, 0.1) is 0 Å². The molecule has 2 aromatic carbocycles. The molecule has 0 aromatic heterocycles. The largest absolute Gasteiger partial charge is 0.495 e. The standard InChI is InChI=1S/C21H25NO5/c1-3-4-7-14-26-17-12-10-16(11-13-17)21(24)27-15-20(23)22-18-8-5-6-9-19(18)25-2/h5-6,8-13H,3-4,7,14-15H2,1-2H3,(H,22,23). The summed E-state index contributed by atoms with van der Waals surface area (Å²) in [6, 6.07) is 13.7. The molecule has 0 heterocycles. The fourth-order valence-electron chi connectivity index (χ4n) is 2.38. The van der Waals surface area contributed by atoms with Gasteiger partial charge >= 0.3 is 5.97 Å². The molecule has 0 saturated carbocycles. The molecule has 0 fully saturated rings. The van der Waals surface area contributed by atoms with Crippen molar-refractivity contribution < 1.29 is 23.8 Å². The van der Waals surface area contributed by atoms with Gasteiger partial charge < -0.3 is 19.5 Å². The molecule has 2 aromatic rings. The highest BCUT2D eigenvalue weighted by Crippen LogP contribution is 2.22. The topological polar surface area (TPSA) is 73.9 Å². The Morgan fingerprint density at radius 1 is 1.00 bits per heavy atom. The molecular weight excluding hydrogens is 346 g/mol. The lowest BCUT2D eigenvalue weighted by Crippen LogP contribution is -2.21. The van der Waals surface area contributed by atoms with E-state index in [9.17, 15) is 9.59 Å². The summed E-state index contributed by atoms with van der Waals surface area (Å²) in [5.74, 6) is 0.231. The Morgan fingerprint density at radius 2 is 1.74 bits per heavy atom. The monoisotopic (exact) mass is 371 g/mol. The zero-order valence-electron chi connectivity index (χ0n) is 15.7. The first-order valence-electron chi connectivity index (χ1n) is 8.97. The van der Waals surface area contributed by atoms with E-state index in [1.807, 2.05) is 0 Å². The smallest absolute Gasteiger partial charge is 0.338 e. The Morgan fingerprint density at radius 3 is 2.44 bits per heavy atom. The molecule has 0 radical (unpaired) electrons. The minimum atomic E-state index is -0.567. The van der Waals surface area contributed by atoms with Crippen LogP contribution in [0.4, 0.5) is 5.69 Å². The van der Waals surface area contributed by atoms with Crippen molar-refractivity contribution in [3.05, 3.63) is 54.1 Å². The average Bonchev–Trinajstić information content (AvgIpc) is 2.70. The number of rotatable bonds is 10. The third-order valence-corrected chi connectivity index (χ3v) is 3.82. The van der Waals surface area contributed by atoms with Gasteiger partial charge in [-0.05, 0) is 42.8 Å². The van der Waals surface area contributed by atoms with E-state index in [0.717, 1.165) is 19.3 Å². The van der Waals surface area contributed by atoms with Crippen LogP contribution in [0.3, 0.4) is 0 Å². The Balaban J connectivity index is 1.80. The molecule has 6 heteroatoms. The minimum absolute atomic E-state index is 0.362. The third kappa shape index (κ3) is 6.66. The molecule has 0 atom stereocenters. The highest BCUT2D eigenvalue weighted by molar-refractivity contribution is 5.96. The predicted octanol–water partition coefficient (Wildman–Crippen LogP) is 4.06. The number of benzene rings is 2. The van der Waals surface area contributed by atoms with Crippen molar-refractivity contribution in [3.63, 3.8) is 0 Å². The number of esters is 1. The van der Waals surface area contributed by atoms with Crippen molar-refractivity contribution in [2.24, 2.45) is 0 Å². The molecule has 6 nitrogen and oxygen atoms in total. The van der Waals surface area contributed by atoms with Gasteiger partial charge in [-0.2, -0.15) is 0 Å². The van der Waals surface area contributed by atoms with Gasteiger partial charge in [-0.15, -0.1) is 0 Å². The Hall–Kier alpha value is -3.02. The summed E-state index contributed by atoms with van der Waals surface area (Å²) in [6.07, 6.45) is 3.27. The number of nitrogens with one attached hydrogen (secondary N) is 1. The number of amides is 1. The predicted molar refractivity (Wildman–Crippen MR) is 103 cm³/mol. The number of carbonyl (C=O) groups excluding carboxylic acids is 2. The van der Waals surface area contributed by atoms with Crippen molar-refractivity contribution in [2.45, 2.75) is 26.2 Å². The number of methoxy groups -OCH3 is 1. The molecule has 1 N–H and O–H groups in total. The van der Waals surface area contributed by atoms with Crippen molar-refractivity contribution >= 4 is 17.6 Å². The maximum Gasteiger partial charge on any atom is 0.338 e. The maximum absolute atomic E-state index is 12.1. The average molecular weight is 371 g/mol. The van der Waals surface area contributed by atoms with E-state index >= 15 is 0 Å². The van der Waals surface area contributed by atoms with Crippen LogP contribution in [0.25, 0.3) is 0 Å². The van der Waals surface area contributed by atoms with Gasteiger partial charge in [0.2, 0.25) is 0 Å². The second-order valence-electron chi connectivity index (χ2n) is 5.90. The molecular formula is C21H25NO5. The van der Waals surface area contributed by atoms with Crippen LogP contribution in [-0.4, -0.2) is 32.2 Å². The number of anilines is 1. The first-order chi connectivity index (χ1) is 13.1. The lowest BCUT2D eigenvalue weighted by Gasteiger charge is -2.10. The second kappa shape index (κ2) is 10.9. The maximum atomic E-state index is 12.1. The van der Waals surface area contributed by atoms with Gasteiger partial charge in [0, 0.05) is 0 Å². The minimum Gasteiger partial charge on any atom is -0.495 e. The van der Waals surface area contributed by atoms with Crippen molar-refractivity contribution in [1.82, 2.24) is 0 Å². The summed E-state index contributed by atoms with van der Waals surface area (Å²) >= 11 is 0. The molecule has 0 spiro atoms. The normalized spacial score (nSPS) is 10.1. The first kappa shape index (κ1) is 20.3. The molecule has 0 aliphatic carbocycles. The molecule has 0 unspecified atom stereocenters. The van der Waals surface area contributed by atoms with Crippen LogP contribution < -0.4 is 14.8 Å². The van der Waals surface area contributed by atoms with Gasteiger partial charge in [0.1, 0.15) is 11.5 Å². The van der Waals surface area contributed by atoms with Crippen LogP contribution in [0.15, 0.2) is 48.5 Å². The molecule has 2 rings (SSSR count). The molecule has 27 heavy (non-hydrogen) atoms. The molecule has 0 aliphatic heterocycles. The van der Waals surface area contributed by atoms with Crippen molar-refractivity contribution in [3.8, 4) is 11.5 Å². The number of ether oxygens (including phenoxy) is 3. The van der Waals surface area contributed by atoms with E-state index in [0.29, 0.717) is 29.4 Å². The Bertz CT molecular complexity index is 742. The fourth-order valence-corrected chi connectivity index (χ4v) is 2.38. The van der Waals surface area contributed by atoms with Gasteiger partial charge in [0.25, 0.3) is 5.91 Å². The zero-order chi connectivity index (χ0) is 19.5. The van der Waals surface area contributed by atoms with E-state index in [1.165, 1.54) is 7.11 Å². The third-order valence-electron chi connectivity index (χ3n) is 3.82. The van der Waals surface area contributed by atoms with Crippen molar-refractivity contribution in [1.29, 1.82) is 0 Å². The second-order valence-corrected chi connectivity index (χ2v) is 5.90. The zero-order valence-corrected chi connectivity index (χ0v) is 15.7. The summed E-state index contributed by atoms with van der Waals surface area (Å²) in [5, 5.41) is 2.65. The number of unbranched alkanes of at least 4 members (excludes halogenated alkanes) is 2. The van der Waals surface area contributed by atoms with Gasteiger partial charge in [0.05, 0.1) is 25.0 Å². The summed E-state index contributed by atoms with van der Waals surface area (Å²) in [7, 11) is 1.52. The molecule has 1 amide bonds. The van der Waals surface area contributed by atoms with E-state index in [1.54, 1.807) is 48.5 Å². The van der Waals surface area contributed by atoms with Gasteiger partial charge in [0.15, 0.2) is 6.61 Å². The summed E-state index contributed by atoms with van der Waals surface area (Å²) < 4.78 is 15.8. The highest BCUT2D eigenvalue weighted by atomic mass is 16.5. The highest BCUT2D eigenvalue weighted by Gasteiger charge is 2.12. The van der Waals surface area contributed by atoms with Crippen LogP contribution in [0.1, 0.15) is 36.5 Å². The molecule has 0 saturated heterocycles. The Kier molecular flexibility index (Phi) is 8.16.